The predicted octanol–water partition coefficient (Wildman–Crippen LogP) is 2.99. The van der Waals surface area contributed by atoms with E-state index < -0.39 is 27.7 Å². The summed E-state index contributed by atoms with van der Waals surface area (Å²) in [6, 6.07) is 4.28. The van der Waals surface area contributed by atoms with Gasteiger partial charge in [0.15, 0.2) is 5.49 Å². The van der Waals surface area contributed by atoms with Gasteiger partial charge in [0.25, 0.3) is 5.91 Å². The minimum absolute atomic E-state index is 0.0646. The van der Waals surface area contributed by atoms with Gasteiger partial charge in [-0.3, -0.25) is 14.2 Å². The van der Waals surface area contributed by atoms with Crippen molar-refractivity contribution in [3.05, 3.63) is 46.6 Å². The van der Waals surface area contributed by atoms with E-state index in [2.05, 4.69) is 9.71 Å². The fourth-order valence-corrected chi connectivity index (χ4v) is 4.57. The number of nitrogens with one attached hydrogen (secondary N) is 1. The molecule has 37 heavy (non-hydrogen) atoms. The van der Waals surface area contributed by atoms with Crippen LogP contribution in [0.15, 0.2) is 29.3 Å². The molecule has 1 amide bonds. The number of nitrogens with zero attached hydrogens (tertiary/aromatic N) is 3. The van der Waals surface area contributed by atoms with Gasteiger partial charge >= 0.3 is 6.18 Å². The predicted molar refractivity (Wildman–Crippen MR) is 131 cm³/mol. The Labute approximate surface area is 214 Å². The monoisotopic (exact) mass is 546 g/mol. The summed E-state index contributed by atoms with van der Waals surface area (Å²) in [6.07, 6.45) is -2.01. The molecule has 1 aliphatic heterocycles. The lowest BCUT2D eigenvalue weighted by molar-refractivity contribution is -0.137. The summed E-state index contributed by atoms with van der Waals surface area (Å²) in [6.45, 7) is 6.78. The van der Waals surface area contributed by atoms with Crippen molar-refractivity contribution < 1.29 is 35.9 Å². The van der Waals surface area contributed by atoms with Crippen LogP contribution in [0.4, 0.5) is 13.2 Å². The second-order valence-corrected chi connectivity index (χ2v) is 11.9. The Morgan fingerprint density at radius 2 is 1.95 bits per heavy atom. The highest BCUT2D eigenvalue weighted by Gasteiger charge is 2.32. The highest BCUT2D eigenvalue weighted by atomic mass is 32.2. The van der Waals surface area contributed by atoms with Crippen LogP contribution >= 0.6 is 0 Å². The molecular formula is C24H33F3N4O5S. The second-order valence-electron chi connectivity index (χ2n) is 10.0. The molecule has 0 aliphatic carbocycles. The fourth-order valence-electron chi connectivity index (χ4n) is 4.11. The van der Waals surface area contributed by atoms with Gasteiger partial charge in [-0.1, -0.05) is 20.8 Å². The van der Waals surface area contributed by atoms with Gasteiger partial charge in [-0.25, -0.2) is 13.1 Å². The lowest BCUT2D eigenvalue weighted by atomic mass is 9.92. The zero-order valence-corrected chi connectivity index (χ0v) is 22.4. The van der Waals surface area contributed by atoms with Gasteiger partial charge in [0.1, 0.15) is 12.4 Å². The van der Waals surface area contributed by atoms with E-state index in [1.165, 1.54) is 0 Å². The van der Waals surface area contributed by atoms with Crippen LogP contribution in [0.5, 0.6) is 5.75 Å². The molecule has 1 saturated heterocycles. The smallest absolute Gasteiger partial charge is 0.416 e. The molecule has 1 aromatic carbocycles. The van der Waals surface area contributed by atoms with Gasteiger partial charge in [-0.05, 0) is 31.0 Å². The maximum absolute atomic E-state index is 13.4. The summed E-state index contributed by atoms with van der Waals surface area (Å²) >= 11 is 0. The van der Waals surface area contributed by atoms with Gasteiger partial charge in [0, 0.05) is 37.4 Å². The molecule has 206 valence electrons. The molecule has 13 heteroatoms. The number of carbonyl (C=O) groups is 1. The molecule has 9 nitrogen and oxygen atoms in total. The first-order valence-electron chi connectivity index (χ1n) is 11.8. The molecule has 1 atom stereocenters. The average Bonchev–Trinajstić information content (AvgIpc) is 3.39. The van der Waals surface area contributed by atoms with Crippen LogP contribution in [0, 0.1) is 0 Å². The molecule has 2 heterocycles. The Bertz CT molecular complexity index is 1300. The van der Waals surface area contributed by atoms with Crippen molar-refractivity contribution in [2.75, 3.05) is 26.0 Å². The molecule has 1 aromatic heterocycles. The molecular weight excluding hydrogens is 513 g/mol. The lowest BCUT2D eigenvalue weighted by Crippen LogP contribution is -2.30. The summed E-state index contributed by atoms with van der Waals surface area (Å²) < 4.78 is 79.9. The van der Waals surface area contributed by atoms with Crippen molar-refractivity contribution in [1.82, 2.24) is 14.1 Å². The first-order valence-corrected chi connectivity index (χ1v) is 13.7. The number of benzene rings is 1. The highest BCUT2D eigenvalue weighted by Crippen LogP contribution is 2.33. The third-order valence-corrected chi connectivity index (χ3v) is 6.62. The standard InChI is InChI=1S/C24H33F3N4O5S/c1-23(2,3)20-14-21(31(30(20)4)15-17-7-6-11-35-17)29-22(32)18-13-16(24(25,26)27)8-9-19(18)36-12-10-28-37(5,33)34/h8-9,13-14,17,28H,6-7,10-12,15H2,1-5H3/t17-/m1/s1. The number of halogens is 3. The molecule has 0 bridgehead atoms. The topological polar surface area (TPSA) is 104 Å². The van der Waals surface area contributed by atoms with E-state index in [0.717, 1.165) is 36.9 Å². The van der Waals surface area contributed by atoms with Crippen molar-refractivity contribution in [3.63, 3.8) is 0 Å². The van der Waals surface area contributed by atoms with Crippen LogP contribution in [0.25, 0.3) is 0 Å². The third-order valence-electron chi connectivity index (χ3n) is 5.89. The molecule has 0 radical (unpaired) electrons. The van der Waals surface area contributed by atoms with Crippen LogP contribution in [0.3, 0.4) is 0 Å². The minimum atomic E-state index is -4.68. The zero-order chi connectivity index (χ0) is 27.6. The van der Waals surface area contributed by atoms with Crippen molar-refractivity contribution in [3.8, 4) is 5.75 Å². The van der Waals surface area contributed by atoms with E-state index in [-0.39, 0.29) is 41.5 Å². The molecule has 2 aromatic rings. The number of hydrogen-bond acceptors (Lipinski definition) is 5. The van der Waals surface area contributed by atoms with Crippen LogP contribution in [0.1, 0.15) is 55.2 Å². The van der Waals surface area contributed by atoms with E-state index >= 15 is 0 Å². The molecule has 0 spiro atoms. The number of aromatic nitrogens is 2. The number of alkyl halides is 3. The van der Waals surface area contributed by atoms with E-state index in [9.17, 15) is 26.4 Å². The molecule has 0 unspecified atom stereocenters. The summed E-state index contributed by atoms with van der Waals surface area (Å²) in [7, 11) is -1.64. The van der Waals surface area contributed by atoms with E-state index in [1.807, 2.05) is 32.5 Å². The Morgan fingerprint density at radius 1 is 1.24 bits per heavy atom. The molecule has 1 aliphatic rings. The minimum Gasteiger partial charge on any atom is -0.491 e. The molecule has 1 N–H and O–H groups in total. The van der Waals surface area contributed by atoms with Gasteiger partial charge in [-0.15, -0.1) is 0 Å². The number of ether oxygens (including phenoxy) is 2. The number of amides is 1. The van der Waals surface area contributed by atoms with Crippen LogP contribution < -0.4 is 14.9 Å². The van der Waals surface area contributed by atoms with Gasteiger partial charge in [0.05, 0.1) is 30.0 Å². The maximum Gasteiger partial charge on any atom is 0.416 e. The van der Waals surface area contributed by atoms with Crippen molar-refractivity contribution in [1.29, 1.82) is 0 Å². The van der Waals surface area contributed by atoms with Crippen LogP contribution in [0.2, 0.25) is 0 Å². The summed E-state index contributed by atoms with van der Waals surface area (Å²) in [4.78, 5) is 17.5. The number of sulfonamides is 1. The maximum atomic E-state index is 13.4. The largest absolute Gasteiger partial charge is 0.491 e. The first kappa shape index (κ1) is 28.9. The number of hydrogen-bond donors (Lipinski definition) is 1. The van der Waals surface area contributed by atoms with Crippen molar-refractivity contribution in [2.24, 2.45) is 12.0 Å². The van der Waals surface area contributed by atoms with Crippen LogP contribution in [-0.2, 0) is 39.9 Å². The van der Waals surface area contributed by atoms with Crippen molar-refractivity contribution >= 4 is 15.9 Å². The van der Waals surface area contributed by atoms with Crippen molar-refractivity contribution in [2.45, 2.75) is 57.9 Å². The number of rotatable bonds is 8. The quantitative estimate of drug-likeness (QED) is 0.513. The molecule has 3 rings (SSSR count). The first-order chi connectivity index (χ1) is 17.1. The average molecular weight is 547 g/mol. The summed E-state index contributed by atoms with van der Waals surface area (Å²) in [5, 5.41) is 0. The highest BCUT2D eigenvalue weighted by molar-refractivity contribution is 7.88. The Balaban J connectivity index is 2.03. The number of carbonyl (C=O) groups excluding carboxylic acids is 1. The summed E-state index contributed by atoms with van der Waals surface area (Å²) in [5.41, 5.74) is -0.525. The second kappa shape index (κ2) is 11.0. The lowest BCUT2D eigenvalue weighted by Gasteiger charge is -2.21. The van der Waals surface area contributed by atoms with E-state index in [4.69, 9.17) is 9.47 Å². The van der Waals surface area contributed by atoms with Crippen LogP contribution in [-0.4, -0.2) is 55.8 Å². The van der Waals surface area contributed by atoms with E-state index in [0.29, 0.717) is 19.2 Å². The zero-order valence-electron chi connectivity index (χ0n) is 21.6. The van der Waals surface area contributed by atoms with Gasteiger partial charge in [-0.2, -0.15) is 18.2 Å². The van der Waals surface area contributed by atoms with Gasteiger partial charge in [0.2, 0.25) is 10.0 Å². The summed E-state index contributed by atoms with van der Waals surface area (Å²) in [5.74, 6) is -1.04. The fraction of sp³-hybridized carbons (Fsp3) is 0.583. The molecule has 1 fully saturated rings. The Morgan fingerprint density at radius 3 is 2.51 bits per heavy atom. The SMILES string of the molecule is Cn1c(C(C)(C)C)cc(=NC(=O)c2cc(C(F)(F)F)ccc2OCCNS(C)(=O)=O)n1C[C@H]1CCCO1. The normalized spacial score (nSPS) is 17.4. The van der Waals surface area contributed by atoms with Gasteiger partial charge < -0.3 is 9.47 Å². The third kappa shape index (κ3) is 7.68. The Kier molecular flexibility index (Phi) is 8.60. The molecule has 0 saturated carbocycles. The van der Waals surface area contributed by atoms with E-state index in [1.54, 1.807) is 10.7 Å². The Hall–Kier alpha value is -2.64.